The highest BCUT2D eigenvalue weighted by molar-refractivity contribution is 7.88. The first kappa shape index (κ1) is 18.6. The molecule has 0 spiro atoms. The van der Waals surface area contributed by atoms with Crippen LogP contribution in [0, 0.1) is 0 Å². The average Bonchev–Trinajstić information content (AvgIpc) is 3.02. The normalized spacial score (nSPS) is 12.2. The fraction of sp³-hybridized carbons (Fsp3) is 0.444. The summed E-state index contributed by atoms with van der Waals surface area (Å²) in [6.45, 7) is 2.43. The third-order valence-electron chi connectivity index (χ3n) is 4.33. The van der Waals surface area contributed by atoms with Crippen LogP contribution in [0.5, 0.6) is 0 Å². The van der Waals surface area contributed by atoms with E-state index >= 15 is 0 Å². The van der Waals surface area contributed by atoms with Gasteiger partial charge in [-0.05, 0) is 25.3 Å². The Balaban J connectivity index is 1.99. The van der Waals surface area contributed by atoms with Gasteiger partial charge in [-0.25, -0.2) is 23.1 Å². The van der Waals surface area contributed by atoms with Gasteiger partial charge >= 0.3 is 0 Å². The first-order valence-electron chi connectivity index (χ1n) is 8.83. The number of sulfonamides is 1. The monoisotopic (exact) mass is 376 g/mol. The van der Waals surface area contributed by atoms with Crippen LogP contribution < -0.4 is 4.72 Å². The van der Waals surface area contributed by atoms with E-state index in [0.29, 0.717) is 36.3 Å². The van der Waals surface area contributed by atoms with Crippen LogP contribution in [0.1, 0.15) is 37.7 Å². The van der Waals surface area contributed by atoms with Crippen molar-refractivity contribution in [1.82, 2.24) is 19.4 Å². The van der Waals surface area contributed by atoms with Crippen LogP contribution in [0.25, 0.3) is 22.3 Å². The molecule has 2 heterocycles. The van der Waals surface area contributed by atoms with E-state index in [1.165, 1.54) is 0 Å². The van der Waals surface area contributed by atoms with Gasteiger partial charge in [-0.15, -0.1) is 0 Å². The van der Waals surface area contributed by atoms with Crippen molar-refractivity contribution in [2.75, 3.05) is 12.8 Å². The Morgan fingerprint density at radius 1 is 1.12 bits per heavy atom. The van der Waals surface area contributed by atoms with Crippen molar-refractivity contribution in [3.63, 3.8) is 0 Å². The molecular weight excluding hydrogens is 352 g/mol. The number of nitrogens with one attached hydrogen (secondary N) is 1. The zero-order valence-electron chi connectivity index (χ0n) is 15.1. The standard InChI is InChI=1S/C18H24N4O3S/c1-3-4-11-16-20-17-13-8-5-6-9-14(13)22(23)15(18(17)21-16)10-7-12-19-26(2,24)25/h5-6,8-9,19,23H,3-4,7,10-12H2,1-2H3. The van der Waals surface area contributed by atoms with Gasteiger partial charge in [0.05, 0.1) is 17.5 Å². The van der Waals surface area contributed by atoms with E-state index in [2.05, 4.69) is 16.6 Å². The highest BCUT2D eigenvalue weighted by Crippen LogP contribution is 2.32. The Morgan fingerprint density at radius 3 is 2.58 bits per heavy atom. The Bertz CT molecular complexity index is 982. The summed E-state index contributed by atoms with van der Waals surface area (Å²) in [5.74, 6) is 0.786. The zero-order chi connectivity index (χ0) is 18.7. The van der Waals surface area contributed by atoms with Gasteiger partial charge in [0.15, 0.2) is 0 Å². The van der Waals surface area contributed by atoms with E-state index in [1.807, 2.05) is 24.3 Å². The summed E-state index contributed by atoms with van der Waals surface area (Å²) in [5, 5.41) is 11.6. The minimum absolute atomic E-state index is 0.310. The molecule has 0 radical (unpaired) electrons. The van der Waals surface area contributed by atoms with Crippen LogP contribution in [-0.2, 0) is 22.9 Å². The number of imidazole rings is 1. The topological polar surface area (TPSA) is 97.1 Å². The molecule has 7 nitrogen and oxygen atoms in total. The van der Waals surface area contributed by atoms with Gasteiger partial charge in [-0.3, -0.25) is 0 Å². The molecule has 0 unspecified atom stereocenters. The summed E-state index contributed by atoms with van der Waals surface area (Å²) < 4.78 is 26.1. The molecule has 2 aliphatic rings. The molecule has 0 aliphatic carbocycles. The van der Waals surface area contributed by atoms with Crippen LogP contribution in [0.15, 0.2) is 24.3 Å². The van der Waals surface area contributed by atoms with Crippen molar-refractivity contribution in [3.05, 3.63) is 35.8 Å². The van der Waals surface area contributed by atoms with Crippen LogP contribution in [0.3, 0.4) is 0 Å². The molecule has 8 heteroatoms. The smallest absolute Gasteiger partial charge is 0.208 e. The second-order valence-corrected chi connectivity index (χ2v) is 8.32. The first-order chi connectivity index (χ1) is 12.4. The summed E-state index contributed by atoms with van der Waals surface area (Å²) in [7, 11) is -3.22. The lowest BCUT2D eigenvalue weighted by molar-refractivity contribution is 0.188. The molecule has 26 heavy (non-hydrogen) atoms. The maximum Gasteiger partial charge on any atom is 0.208 e. The van der Waals surface area contributed by atoms with Crippen LogP contribution in [0.2, 0.25) is 0 Å². The zero-order valence-corrected chi connectivity index (χ0v) is 15.9. The fourth-order valence-electron chi connectivity index (χ4n) is 3.07. The number of aryl methyl sites for hydroxylation is 1. The van der Waals surface area contributed by atoms with Crippen molar-refractivity contribution in [1.29, 1.82) is 0 Å². The SMILES string of the molecule is CCCCc1nc2c(CCCNS(C)(=O)=O)n(O)c3ccccc3c-2n1. The van der Waals surface area contributed by atoms with E-state index in [-0.39, 0.29) is 0 Å². The number of hydrogen-bond donors (Lipinski definition) is 2. The van der Waals surface area contributed by atoms with Crippen LogP contribution in [-0.4, -0.2) is 41.1 Å². The number of nitrogens with zero attached hydrogens (tertiary/aromatic N) is 3. The molecule has 0 bridgehead atoms. The quantitative estimate of drug-likeness (QED) is 0.465. The number of aromatic nitrogens is 3. The van der Waals surface area contributed by atoms with Crippen LogP contribution >= 0.6 is 0 Å². The lowest BCUT2D eigenvalue weighted by Crippen LogP contribution is -2.23. The van der Waals surface area contributed by atoms with Gasteiger partial charge in [0.25, 0.3) is 0 Å². The van der Waals surface area contributed by atoms with Crippen molar-refractivity contribution >= 4 is 20.9 Å². The van der Waals surface area contributed by atoms with Gasteiger partial charge < -0.3 is 5.21 Å². The summed E-state index contributed by atoms with van der Waals surface area (Å²) in [4.78, 5) is 9.36. The molecule has 3 rings (SSSR count). The second-order valence-electron chi connectivity index (χ2n) is 6.49. The van der Waals surface area contributed by atoms with Crippen LogP contribution in [0.4, 0.5) is 0 Å². The number of para-hydroxylation sites is 1. The van der Waals surface area contributed by atoms with Crippen molar-refractivity contribution in [2.45, 2.75) is 39.0 Å². The summed E-state index contributed by atoms with van der Waals surface area (Å²) in [6, 6.07) is 7.55. The van der Waals surface area contributed by atoms with Gasteiger partial charge in [0.1, 0.15) is 17.2 Å². The molecular formula is C18H24N4O3S. The van der Waals surface area contributed by atoms with E-state index in [9.17, 15) is 13.6 Å². The average molecular weight is 376 g/mol. The predicted octanol–water partition coefficient (Wildman–Crippen LogP) is 2.60. The minimum Gasteiger partial charge on any atom is -0.428 e. The largest absolute Gasteiger partial charge is 0.428 e. The third-order valence-corrected chi connectivity index (χ3v) is 5.06. The molecule has 1 aromatic carbocycles. The highest BCUT2D eigenvalue weighted by Gasteiger charge is 2.22. The molecule has 0 amide bonds. The number of hydrogen-bond acceptors (Lipinski definition) is 5. The molecule has 0 saturated heterocycles. The summed E-state index contributed by atoms with van der Waals surface area (Å²) in [6.07, 6.45) is 5.07. The number of rotatable bonds is 8. The summed E-state index contributed by atoms with van der Waals surface area (Å²) in [5.41, 5.74) is 2.82. The van der Waals surface area contributed by atoms with Gasteiger partial charge in [-0.2, -0.15) is 4.73 Å². The van der Waals surface area contributed by atoms with Crippen molar-refractivity contribution in [3.8, 4) is 11.4 Å². The number of benzene rings is 1. The Kier molecular flexibility index (Phi) is 5.43. The molecule has 0 fully saturated rings. The maximum absolute atomic E-state index is 11.2. The lowest BCUT2D eigenvalue weighted by atomic mass is 10.1. The van der Waals surface area contributed by atoms with Crippen molar-refractivity contribution in [2.24, 2.45) is 0 Å². The predicted molar refractivity (Wildman–Crippen MR) is 101 cm³/mol. The van der Waals surface area contributed by atoms with Gasteiger partial charge in [0, 0.05) is 18.4 Å². The Labute approximate surface area is 153 Å². The highest BCUT2D eigenvalue weighted by atomic mass is 32.2. The van der Waals surface area contributed by atoms with E-state index in [1.54, 1.807) is 0 Å². The molecule has 2 N–H and O–H groups in total. The van der Waals surface area contributed by atoms with E-state index in [0.717, 1.165) is 47.2 Å². The Morgan fingerprint density at radius 2 is 1.85 bits per heavy atom. The lowest BCUT2D eigenvalue weighted by Gasteiger charge is -2.15. The second kappa shape index (κ2) is 7.59. The number of unbranched alkanes of at least 4 members (excludes halogenated alkanes) is 1. The number of pyridine rings is 1. The fourth-order valence-corrected chi connectivity index (χ4v) is 3.58. The molecule has 1 aromatic rings. The van der Waals surface area contributed by atoms with Gasteiger partial charge in [-0.1, -0.05) is 31.5 Å². The van der Waals surface area contributed by atoms with Gasteiger partial charge in [0.2, 0.25) is 10.0 Å². The summed E-state index contributed by atoms with van der Waals surface area (Å²) >= 11 is 0. The molecule has 0 aromatic heterocycles. The molecule has 140 valence electrons. The first-order valence-corrected chi connectivity index (χ1v) is 10.7. The third kappa shape index (κ3) is 3.96. The molecule has 2 aliphatic heterocycles. The van der Waals surface area contributed by atoms with E-state index < -0.39 is 10.0 Å². The Hall–Kier alpha value is -2.19. The molecule has 0 saturated carbocycles. The van der Waals surface area contributed by atoms with E-state index in [4.69, 9.17) is 4.98 Å². The maximum atomic E-state index is 11.2. The number of fused-ring (bicyclic) bond motifs is 3. The van der Waals surface area contributed by atoms with Crippen molar-refractivity contribution < 1.29 is 13.6 Å². The molecule has 0 atom stereocenters. The minimum atomic E-state index is -3.22.